The van der Waals surface area contributed by atoms with Gasteiger partial charge in [0.25, 0.3) is 5.91 Å². The van der Waals surface area contributed by atoms with E-state index in [2.05, 4.69) is 9.62 Å². The molecule has 1 amide bonds. The zero-order valence-electron chi connectivity index (χ0n) is 21.0. The summed E-state index contributed by atoms with van der Waals surface area (Å²) in [5.41, 5.74) is 9.62. The second-order valence-corrected chi connectivity index (χ2v) is 12.3. The largest absolute Gasteiger partial charge is 0.355 e. The summed E-state index contributed by atoms with van der Waals surface area (Å²) in [6.07, 6.45) is 6.65. The fraction of sp³-hybridized carbons (Fsp3) is 0.480. The Labute approximate surface area is 221 Å². The lowest BCUT2D eigenvalue weighted by atomic mass is 9.97. The Balaban J connectivity index is 1.46. The number of anilines is 1. The summed E-state index contributed by atoms with van der Waals surface area (Å²) in [7, 11) is -3.42. The second kappa shape index (κ2) is 10.2. The van der Waals surface area contributed by atoms with Crippen LogP contribution in [0.15, 0.2) is 30.5 Å². The van der Waals surface area contributed by atoms with Gasteiger partial charge >= 0.3 is 0 Å². The second-order valence-electron chi connectivity index (χ2n) is 10.0. The molecule has 3 aromatic rings. The maximum Gasteiger partial charge on any atom is 0.254 e. The number of halogens is 1. The number of nitrogens with two attached hydrogens (primary N) is 1. The molecule has 3 N–H and O–H groups in total. The molecule has 2 saturated heterocycles. The molecule has 2 atom stereocenters. The molecule has 0 radical (unpaired) electrons. The molecule has 0 saturated carbocycles. The van der Waals surface area contributed by atoms with Crippen LogP contribution in [0, 0.1) is 6.92 Å². The number of piperidine rings is 1. The first kappa shape index (κ1) is 25.9. The molecule has 2 aliphatic rings. The Bertz CT molecular complexity index is 1440. The van der Waals surface area contributed by atoms with Gasteiger partial charge in [0.15, 0.2) is 5.65 Å². The zero-order chi connectivity index (χ0) is 26.3. The number of likely N-dealkylation sites (tertiary alicyclic amines) is 1. The highest BCUT2D eigenvalue weighted by molar-refractivity contribution is 7.88. The van der Waals surface area contributed by atoms with Gasteiger partial charge in [-0.1, -0.05) is 17.7 Å². The van der Waals surface area contributed by atoms with Crippen LogP contribution in [0.1, 0.15) is 58.9 Å². The van der Waals surface area contributed by atoms with Crippen LogP contribution in [0.5, 0.6) is 0 Å². The van der Waals surface area contributed by atoms with Gasteiger partial charge in [-0.25, -0.2) is 22.6 Å². The standard InChI is InChI=1S/C25H32ClN7O3S/c1-16-14-33-23(29-24(16)31-10-8-19(27)15-31)12-21(30-33)22-5-3-4-9-32(22)25(34)20-11-18(26)7-6-17(20)13-28-37(2,35)36/h6-7,11-12,14,19,22,28H,3-5,8-10,13,15,27H2,1-2H3. The number of nitrogens with zero attached hydrogens (tertiary/aromatic N) is 5. The van der Waals surface area contributed by atoms with Crippen LogP contribution in [0.3, 0.4) is 0 Å². The van der Waals surface area contributed by atoms with Gasteiger partial charge in [0, 0.05) is 60.6 Å². The molecule has 2 unspecified atom stereocenters. The molecule has 5 rings (SSSR count). The molecule has 10 nitrogen and oxygen atoms in total. The molecule has 0 spiro atoms. The van der Waals surface area contributed by atoms with Crippen molar-refractivity contribution in [2.24, 2.45) is 5.73 Å². The van der Waals surface area contributed by atoms with E-state index in [1.165, 1.54) is 0 Å². The first-order chi connectivity index (χ1) is 17.6. The summed E-state index contributed by atoms with van der Waals surface area (Å²) in [6, 6.07) is 6.85. The predicted molar refractivity (Wildman–Crippen MR) is 143 cm³/mol. The number of amides is 1. The number of aromatic nitrogens is 3. The summed E-state index contributed by atoms with van der Waals surface area (Å²) in [4.78, 5) is 22.8. The third kappa shape index (κ3) is 5.59. The van der Waals surface area contributed by atoms with E-state index >= 15 is 0 Å². The summed E-state index contributed by atoms with van der Waals surface area (Å²) in [6.45, 7) is 4.27. The quantitative estimate of drug-likeness (QED) is 0.487. The van der Waals surface area contributed by atoms with Crippen LogP contribution in [-0.4, -0.2) is 65.8 Å². The van der Waals surface area contributed by atoms with Gasteiger partial charge in [0.1, 0.15) is 5.82 Å². The maximum atomic E-state index is 13.8. The number of sulfonamides is 1. The van der Waals surface area contributed by atoms with Crippen LogP contribution < -0.4 is 15.4 Å². The van der Waals surface area contributed by atoms with Crippen LogP contribution >= 0.6 is 11.6 Å². The maximum absolute atomic E-state index is 13.8. The van der Waals surface area contributed by atoms with E-state index in [1.807, 2.05) is 24.1 Å². The number of aryl methyl sites for hydroxylation is 1. The third-order valence-electron chi connectivity index (χ3n) is 7.08. The summed E-state index contributed by atoms with van der Waals surface area (Å²) in [5, 5.41) is 5.23. The lowest BCUT2D eigenvalue weighted by Gasteiger charge is -2.35. The van der Waals surface area contributed by atoms with E-state index in [0.29, 0.717) is 22.7 Å². The number of fused-ring (bicyclic) bond motifs is 1. The van der Waals surface area contributed by atoms with Gasteiger partial charge in [-0.15, -0.1) is 0 Å². The highest BCUT2D eigenvalue weighted by Crippen LogP contribution is 2.33. The number of hydrogen-bond donors (Lipinski definition) is 2. The smallest absolute Gasteiger partial charge is 0.254 e. The van der Waals surface area contributed by atoms with E-state index in [9.17, 15) is 13.2 Å². The van der Waals surface area contributed by atoms with Crippen molar-refractivity contribution >= 4 is 39.0 Å². The van der Waals surface area contributed by atoms with Crippen molar-refractivity contribution in [2.75, 3.05) is 30.8 Å². The molecule has 0 aliphatic carbocycles. The Morgan fingerprint density at radius 1 is 1.22 bits per heavy atom. The predicted octanol–water partition coefficient (Wildman–Crippen LogP) is 2.65. The number of rotatable bonds is 6. The van der Waals surface area contributed by atoms with Crippen LogP contribution in [-0.2, 0) is 16.6 Å². The first-order valence-corrected chi connectivity index (χ1v) is 14.8. The Kier molecular flexibility index (Phi) is 7.14. The normalized spacial score (nSPS) is 20.6. The monoisotopic (exact) mass is 545 g/mol. The van der Waals surface area contributed by atoms with E-state index in [4.69, 9.17) is 27.4 Å². The molecule has 2 aromatic heterocycles. The molecule has 2 aliphatic heterocycles. The SMILES string of the molecule is Cc1cn2nc(C3CCCCN3C(=O)c3cc(Cl)ccc3CNS(C)(=O)=O)cc2nc1N1CCC(N)C1. The fourth-order valence-corrected chi connectivity index (χ4v) is 5.82. The van der Waals surface area contributed by atoms with Gasteiger partial charge in [-0.3, -0.25) is 4.79 Å². The van der Waals surface area contributed by atoms with Crippen molar-refractivity contribution in [3.8, 4) is 0 Å². The number of carbonyl (C=O) groups excluding carboxylic acids is 1. The van der Waals surface area contributed by atoms with Crippen LogP contribution in [0.4, 0.5) is 5.82 Å². The van der Waals surface area contributed by atoms with Crippen LogP contribution in [0.2, 0.25) is 5.02 Å². The van der Waals surface area contributed by atoms with Gasteiger partial charge in [0.05, 0.1) is 18.0 Å². The number of carbonyl (C=O) groups is 1. The van der Waals surface area contributed by atoms with E-state index in [-0.39, 0.29) is 24.5 Å². The first-order valence-electron chi connectivity index (χ1n) is 12.5. The molecule has 12 heteroatoms. The topological polar surface area (TPSA) is 126 Å². The number of benzene rings is 1. The number of nitrogens with one attached hydrogen (secondary N) is 1. The molecule has 2 fully saturated rings. The third-order valence-corrected chi connectivity index (χ3v) is 7.98. The molecule has 1 aromatic carbocycles. The van der Waals surface area contributed by atoms with Crippen molar-refractivity contribution in [3.63, 3.8) is 0 Å². The van der Waals surface area contributed by atoms with E-state index in [1.54, 1.807) is 22.7 Å². The van der Waals surface area contributed by atoms with E-state index in [0.717, 1.165) is 67.8 Å². The van der Waals surface area contributed by atoms with Gasteiger partial charge < -0.3 is 15.5 Å². The van der Waals surface area contributed by atoms with Crippen molar-refractivity contribution in [1.82, 2.24) is 24.2 Å². The van der Waals surface area contributed by atoms with Gasteiger partial charge in [-0.2, -0.15) is 5.10 Å². The molecule has 0 bridgehead atoms. The van der Waals surface area contributed by atoms with Gasteiger partial charge in [-0.05, 0) is 50.3 Å². The molecule has 4 heterocycles. The summed E-state index contributed by atoms with van der Waals surface area (Å²) < 4.78 is 27.6. The Morgan fingerprint density at radius 2 is 2.03 bits per heavy atom. The average Bonchev–Trinajstić information content (AvgIpc) is 3.47. The molecule has 37 heavy (non-hydrogen) atoms. The number of hydrogen-bond acceptors (Lipinski definition) is 7. The summed E-state index contributed by atoms with van der Waals surface area (Å²) in [5.74, 6) is 0.732. The minimum Gasteiger partial charge on any atom is -0.355 e. The van der Waals surface area contributed by atoms with Crippen molar-refractivity contribution in [3.05, 3.63) is 57.9 Å². The highest BCUT2D eigenvalue weighted by Gasteiger charge is 2.32. The van der Waals surface area contributed by atoms with Crippen molar-refractivity contribution in [1.29, 1.82) is 0 Å². The van der Waals surface area contributed by atoms with Crippen molar-refractivity contribution < 1.29 is 13.2 Å². The molecular weight excluding hydrogens is 514 g/mol. The molecular formula is C25H32ClN7O3S. The Morgan fingerprint density at radius 3 is 2.76 bits per heavy atom. The lowest BCUT2D eigenvalue weighted by Crippen LogP contribution is -2.39. The molecule has 198 valence electrons. The lowest BCUT2D eigenvalue weighted by molar-refractivity contribution is 0.0604. The summed E-state index contributed by atoms with van der Waals surface area (Å²) >= 11 is 6.24. The average molecular weight is 546 g/mol. The minimum absolute atomic E-state index is 0.01000. The highest BCUT2D eigenvalue weighted by atomic mass is 35.5. The fourth-order valence-electron chi connectivity index (χ4n) is 5.23. The Hall–Kier alpha value is -2.73. The minimum atomic E-state index is -3.42. The van der Waals surface area contributed by atoms with E-state index < -0.39 is 10.0 Å². The van der Waals surface area contributed by atoms with Crippen LogP contribution in [0.25, 0.3) is 5.65 Å². The van der Waals surface area contributed by atoms with Gasteiger partial charge in [0.2, 0.25) is 10.0 Å². The zero-order valence-corrected chi connectivity index (χ0v) is 22.6. The van der Waals surface area contributed by atoms with Crippen molar-refractivity contribution in [2.45, 2.75) is 51.2 Å².